The smallest absolute Gasteiger partial charge is 0.406 e. The number of ether oxygens (including phenoxy) is 1. The number of benzene rings is 1. The Morgan fingerprint density at radius 1 is 1.36 bits per heavy atom. The molecule has 1 aromatic carbocycles. The van der Waals surface area contributed by atoms with Gasteiger partial charge >= 0.3 is 6.36 Å². The standard InChI is InChI=1S/C8H3F3INO/c9-8(10,11)14-6-2-1-5(4-13)7(12)3-6/h1-3H. The lowest BCUT2D eigenvalue weighted by Crippen LogP contribution is -2.17. The van der Waals surface area contributed by atoms with Crippen molar-refractivity contribution in [1.29, 1.82) is 5.26 Å². The molecule has 0 atom stereocenters. The molecule has 0 aromatic heterocycles. The van der Waals surface area contributed by atoms with Gasteiger partial charge in [0.05, 0.1) is 5.56 Å². The van der Waals surface area contributed by atoms with Crippen molar-refractivity contribution in [2.45, 2.75) is 6.36 Å². The Hall–Kier alpha value is -0.970. The van der Waals surface area contributed by atoms with Crippen molar-refractivity contribution < 1.29 is 17.9 Å². The second-order valence-corrected chi connectivity index (χ2v) is 3.46. The summed E-state index contributed by atoms with van der Waals surface area (Å²) in [6.45, 7) is 0. The largest absolute Gasteiger partial charge is 0.573 e. The van der Waals surface area contributed by atoms with Crippen molar-refractivity contribution >= 4 is 22.6 Å². The molecule has 0 aliphatic rings. The summed E-state index contributed by atoms with van der Waals surface area (Å²) in [5.41, 5.74) is 0.320. The topological polar surface area (TPSA) is 33.0 Å². The maximum Gasteiger partial charge on any atom is 0.573 e. The zero-order chi connectivity index (χ0) is 10.8. The molecule has 1 aromatic rings. The van der Waals surface area contributed by atoms with E-state index in [2.05, 4.69) is 4.74 Å². The monoisotopic (exact) mass is 313 g/mol. The molecule has 74 valence electrons. The predicted octanol–water partition coefficient (Wildman–Crippen LogP) is 3.06. The minimum Gasteiger partial charge on any atom is -0.406 e. The quantitative estimate of drug-likeness (QED) is 0.747. The van der Waals surface area contributed by atoms with Gasteiger partial charge < -0.3 is 4.74 Å². The van der Waals surface area contributed by atoms with Crippen molar-refractivity contribution in [3.05, 3.63) is 27.3 Å². The van der Waals surface area contributed by atoms with E-state index in [0.717, 1.165) is 12.1 Å². The van der Waals surface area contributed by atoms with Crippen LogP contribution in [-0.4, -0.2) is 6.36 Å². The van der Waals surface area contributed by atoms with E-state index in [9.17, 15) is 13.2 Å². The molecule has 0 fully saturated rings. The van der Waals surface area contributed by atoms with E-state index in [1.54, 1.807) is 22.6 Å². The van der Waals surface area contributed by atoms with Crippen molar-refractivity contribution in [2.75, 3.05) is 0 Å². The Bertz CT molecular complexity index is 383. The van der Waals surface area contributed by atoms with E-state index in [4.69, 9.17) is 5.26 Å². The SMILES string of the molecule is N#Cc1ccc(OC(F)(F)F)cc1I. The fraction of sp³-hybridized carbons (Fsp3) is 0.125. The van der Waals surface area contributed by atoms with Gasteiger partial charge in [-0.3, -0.25) is 0 Å². The maximum absolute atomic E-state index is 11.8. The Balaban J connectivity index is 2.94. The van der Waals surface area contributed by atoms with Crippen LogP contribution in [0.25, 0.3) is 0 Å². The molecule has 0 N–H and O–H groups in total. The van der Waals surface area contributed by atoms with Gasteiger partial charge in [-0.05, 0) is 40.8 Å². The number of nitriles is 1. The van der Waals surface area contributed by atoms with E-state index < -0.39 is 6.36 Å². The third-order valence-electron chi connectivity index (χ3n) is 1.29. The zero-order valence-electron chi connectivity index (χ0n) is 6.60. The van der Waals surface area contributed by atoms with Crippen molar-refractivity contribution in [3.63, 3.8) is 0 Å². The second kappa shape index (κ2) is 4.04. The van der Waals surface area contributed by atoms with Crippen LogP contribution in [0.5, 0.6) is 5.75 Å². The third kappa shape index (κ3) is 3.06. The predicted molar refractivity (Wildman–Crippen MR) is 50.6 cm³/mol. The van der Waals surface area contributed by atoms with Gasteiger partial charge in [-0.25, -0.2) is 0 Å². The van der Waals surface area contributed by atoms with Crippen LogP contribution in [0.3, 0.4) is 0 Å². The van der Waals surface area contributed by atoms with Gasteiger partial charge in [0.1, 0.15) is 11.8 Å². The first-order chi connectivity index (χ1) is 6.42. The van der Waals surface area contributed by atoms with Gasteiger partial charge in [-0.15, -0.1) is 13.2 Å². The molecule has 0 aliphatic heterocycles. The molecular weight excluding hydrogens is 310 g/mol. The number of hydrogen-bond acceptors (Lipinski definition) is 2. The van der Waals surface area contributed by atoms with Crippen LogP contribution in [-0.2, 0) is 0 Å². The highest BCUT2D eigenvalue weighted by molar-refractivity contribution is 14.1. The van der Waals surface area contributed by atoms with Crippen LogP contribution < -0.4 is 4.74 Å². The number of hydrogen-bond donors (Lipinski definition) is 0. The summed E-state index contributed by atoms with van der Waals surface area (Å²) in [5, 5.41) is 8.52. The summed E-state index contributed by atoms with van der Waals surface area (Å²) in [7, 11) is 0. The number of halogens is 4. The van der Waals surface area contributed by atoms with Crippen molar-refractivity contribution in [3.8, 4) is 11.8 Å². The molecule has 0 bridgehead atoms. The van der Waals surface area contributed by atoms with Gasteiger partial charge in [0.25, 0.3) is 0 Å². The molecule has 0 radical (unpaired) electrons. The zero-order valence-corrected chi connectivity index (χ0v) is 8.76. The summed E-state index contributed by atoms with van der Waals surface area (Å²) in [6.07, 6.45) is -4.70. The van der Waals surface area contributed by atoms with Gasteiger partial charge in [0.2, 0.25) is 0 Å². The highest BCUT2D eigenvalue weighted by Crippen LogP contribution is 2.25. The second-order valence-electron chi connectivity index (χ2n) is 2.30. The van der Waals surface area contributed by atoms with E-state index in [0.29, 0.717) is 9.13 Å². The molecule has 0 unspecified atom stereocenters. The fourth-order valence-electron chi connectivity index (χ4n) is 0.784. The summed E-state index contributed by atoms with van der Waals surface area (Å²) >= 11 is 1.77. The highest BCUT2D eigenvalue weighted by Gasteiger charge is 2.31. The fourth-order valence-corrected chi connectivity index (χ4v) is 1.39. The molecule has 2 nitrogen and oxygen atoms in total. The van der Waals surface area contributed by atoms with Gasteiger partial charge in [0, 0.05) is 3.57 Å². The Morgan fingerprint density at radius 3 is 2.43 bits per heavy atom. The summed E-state index contributed by atoms with van der Waals surface area (Å²) < 4.78 is 39.4. The Morgan fingerprint density at radius 2 is 2.00 bits per heavy atom. The van der Waals surface area contributed by atoms with E-state index in [1.807, 2.05) is 6.07 Å². The molecule has 6 heteroatoms. The van der Waals surface area contributed by atoms with E-state index in [-0.39, 0.29) is 5.75 Å². The average molecular weight is 313 g/mol. The summed E-state index contributed by atoms with van der Waals surface area (Å²) in [4.78, 5) is 0. The van der Waals surface area contributed by atoms with Crippen LogP contribution in [0.2, 0.25) is 0 Å². The Kier molecular flexibility index (Phi) is 3.21. The van der Waals surface area contributed by atoms with Crippen LogP contribution >= 0.6 is 22.6 Å². The highest BCUT2D eigenvalue weighted by atomic mass is 127. The van der Waals surface area contributed by atoms with Gasteiger partial charge in [0.15, 0.2) is 0 Å². The molecule has 1 rings (SSSR count). The molecule has 0 aliphatic carbocycles. The van der Waals surface area contributed by atoms with Crippen LogP contribution in [0.15, 0.2) is 18.2 Å². The first-order valence-corrected chi connectivity index (χ1v) is 4.45. The molecule has 0 saturated heterocycles. The Labute approximate surface area is 91.4 Å². The van der Waals surface area contributed by atoms with E-state index >= 15 is 0 Å². The molecule has 0 spiro atoms. The molecule has 0 heterocycles. The maximum atomic E-state index is 11.8. The summed E-state index contributed by atoms with van der Waals surface area (Å²) in [5.74, 6) is -0.319. The summed E-state index contributed by atoms with van der Waals surface area (Å²) in [6, 6.07) is 5.39. The first kappa shape index (κ1) is 11.1. The van der Waals surface area contributed by atoms with Crippen LogP contribution in [0.1, 0.15) is 5.56 Å². The van der Waals surface area contributed by atoms with Crippen molar-refractivity contribution in [1.82, 2.24) is 0 Å². The first-order valence-electron chi connectivity index (χ1n) is 3.38. The van der Waals surface area contributed by atoms with Crippen LogP contribution in [0, 0.1) is 14.9 Å². The minimum atomic E-state index is -4.70. The number of rotatable bonds is 1. The molecule has 14 heavy (non-hydrogen) atoms. The third-order valence-corrected chi connectivity index (χ3v) is 2.19. The normalized spacial score (nSPS) is 10.8. The lowest BCUT2D eigenvalue weighted by atomic mass is 10.2. The minimum absolute atomic E-state index is 0.319. The average Bonchev–Trinajstić information content (AvgIpc) is 2.01. The van der Waals surface area contributed by atoms with Gasteiger partial charge in [-0.1, -0.05) is 0 Å². The number of alkyl halides is 3. The van der Waals surface area contributed by atoms with Crippen LogP contribution in [0.4, 0.5) is 13.2 Å². The van der Waals surface area contributed by atoms with E-state index in [1.165, 1.54) is 6.07 Å². The molecular formula is C8H3F3INO. The lowest BCUT2D eigenvalue weighted by molar-refractivity contribution is -0.274. The molecule has 0 saturated carbocycles. The lowest BCUT2D eigenvalue weighted by Gasteiger charge is -2.08. The number of nitrogens with zero attached hydrogens (tertiary/aromatic N) is 1. The van der Waals surface area contributed by atoms with Gasteiger partial charge in [-0.2, -0.15) is 5.26 Å². The molecule has 0 amide bonds. The van der Waals surface area contributed by atoms with Crippen molar-refractivity contribution in [2.24, 2.45) is 0 Å².